The van der Waals surface area contributed by atoms with Gasteiger partial charge in [-0.25, -0.2) is 4.99 Å². The molecule has 0 aliphatic heterocycles. The Morgan fingerprint density at radius 1 is 1.38 bits per heavy atom. The van der Waals surface area contributed by atoms with E-state index in [1.165, 1.54) is 6.42 Å². The molecule has 1 heterocycles. The number of furan rings is 1. The fourth-order valence-corrected chi connectivity index (χ4v) is 1.81. The van der Waals surface area contributed by atoms with Crippen molar-refractivity contribution in [2.24, 2.45) is 16.6 Å². The molecule has 1 aromatic heterocycles. The monoisotopic (exact) mass is 294 g/mol. The molecule has 4 N–H and O–H groups in total. The third-order valence-corrected chi connectivity index (χ3v) is 2.89. The van der Waals surface area contributed by atoms with Gasteiger partial charge in [-0.05, 0) is 37.8 Å². The molecule has 0 radical (unpaired) electrons. The Balaban J connectivity index is 2.48. The summed E-state index contributed by atoms with van der Waals surface area (Å²) in [5.74, 6) is 1.67. The molecule has 0 aromatic carbocycles. The summed E-state index contributed by atoms with van der Waals surface area (Å²) in [4.78, 5) is 15.4. The van der Waals surface area contributed by atoms with Crippen molar-refractivity contribution in [2.75, 3.05) is 13.1 Å². The fraction of sp³-hybridized carbons (Fsp3) is 0.600. The van der Waals surface area contributed by atoms with Crippen LogP contribution in [0, 0.1) is 5.92 Å². The van der Waals surface area contributed by atoms with Gasteiger partial charge in [-0.2, -0.15) is 0 Å². The Morgan fingerprint density at radius 3 is 2.71 bits per heavy atom. The Bertz CT molecular complexity index is 466. The van der Waals surface area contributed by atoms with Crippen molar-refractivity contribution in [3.8, 4) is 0 Å². The summed E-state index contributed by atoms with van der Waals surface area (Å²) in [6.45, 7) is 8.49. The molecule has 0 aliphatic carbocycles. The van der Waals surface area contributed by atoms with Crippen LogP contribution in [0.2, 0.25) is 0 Å². The molecule has 0 atom stereocenters. The predicted octanol–water partition coefficient (Wildman–Crippen LogP) is 1.87. The largest absolute Gasteiger partial charge is 0.454 e. The lowest BCUT2D eigenvalue weighted by Crippen LogP contribution is -2.37. The molecule has 0 aliphatic rings. The lowest BCUT2D eigenvalue weighted by atomic mass is 10.1. The van der Waals surface area contributed by atoms with Crippen LogP contribution in [0.5, 0.6) is 0 Å². The molecule has 0 bridgehead atoms. The number of hydrogen-bond acceptors (Lipinski definition) is 3. The number of nitrogens with zero attached hydrogens (tertiary/aromatic N) is 1. The van der Waals surface area contributed by atoms with E-state index in [9.17, 15) is 4.79 Å². The Morgan fingerprint density at radius 2 is 2.14 bits per heavy atom. The highest BCUT2D eigenvalue weighted by atomic mass is 16.3. The number of carbonyl (C=O) groups is 1. The van der Waals surface area contributed by atoms with Crippen molar-refractivity contribution >= 4 is 11.9 Å². The highest BCUT2D eigenvalue weighted by Crippen LogP contribution is 2.08. The van der Waals surface area contributed by atoms with Crippen molar-refractivity contribution < 1.29 is 9.21 Å². The second-order valence-corrected chi connectivity index (χ2v) is 5.29. The highest BCUT2D eigenvalue weighted by Gasteiger charge is 2.06. The van der Waals surface area contributed by atoms with Crippen LogP contribution in [0.1, 0.15) is 49.9 Å². The van der Waals surface area contributed by atoms with Gasteiger partial charge in [0, 0.05) is 13.1 Å². The summed E-state index contributed by atoms with van der Waals surface area (Å²) >= 11 is 0. The first kappa shape index (κ1) is 17.1. The number of rotatable bonds is 8. The van der Waals surface area contributed by atoms with Crippen LogP contribution in [0.4, 0.5) is 0 Å². The van der Waals surface area contributed by atoms with Gasteiger partial charge in [0.05, 0.1) is 0 Å². The van der Waals surface area contributed by atoms with Crippen molar-refractivity contribution in [1.29, 1.82) is 0 Å². The average molecular weight is 294 g/mol. The van der Waals surface area contributed by atoms with E-state index in [2.05, 4.69) is 29.5 Å². The summed E-state index contributed by atoms with van der Waals surface area (Å²) in [5, 5.41) is 6.46. The second kappa shape index (κ2) is 9.05. The van der Waals surface area contributed by atoms with Crippen molar-refractivity contribution in [3.05, 3.63) is 23.7 Å². The van der Waals surface area contributed by atoms with E-state index in [-0.39, 0.29) is 5.76 Å². The van der Waals surface area contributed by atoms with E-state index in [1.807, 2.05) is 6.92 Å². The first-order chi connectivity index (χ1) is 10.0. The molecule has 0 unspecified atom stereocenters. The Kier molecular flexibility index (Phi) is 7.36. The van der Waals surface area contributed by atoms with E-state index in [1.54, 1.807) is 12.1 Å². The molecular weight excluding hydrogens is 268 g/mol. The Hall–Kier alpha value is -1.98. The van der Waals surface area contributed by atoms with Crippen LogP contribution < -0.4 is 16.4 Å². The second-order valence-electron chi connectivity index (χ2n) is 5.29. The zero-order valence-corrected chi connectivity index (χ0v) is 13.1. The number of primary amides is 1. The zero-order valence-electron chi connectivity index (χ0n) is 13.1. The number of guanidine groups is 1. The first-order valence-electron chi connectivity index (χ1n) is 7.43. The molecule has 0 fully saturated rings. The van der Waals surface area contributed by atoms with Gasteiger partial charge in [-0.3, -0.25) is 4.79 Å². The van der Waals surface area contributed by atoms with Crippen LogP contribution in [-0.2, 0) is 6.54 Å². The molecular formula is C15H26N4O2. The standard InChI is InChI=1S/C15H26N4O2/c1-4-17-15(18-9-5-6-11(2)3)19-10-12-7-8-13(21-12)14(16)20/h7-8,11H,4-6,9-10H2,1-3H3,(H2,16,20)(H2,17,18,19). The van der Waals surface area contributed by atoms with Crippen molar-refractivity contribution in [1.82, 2.24) is 10.6 Å². The predicted molar refractivity (Wildman–Crippen MR) is 84.1 cm³/mol. The summed E-state index contributed by atoms with van der Waals surface area (Å²) in [7, 11) is 0. The van der Waals surface area contributed by atoms with Gasteiger partial charge in [0.2, 0.25) is 0 Å². The number of aliphatic imine (C=N–C) groups is 1. The van der Waals surface area contributed by atoms with Crippen LogP contribution in [0.3, 0.4) is 0 Å². The number of nitrogens with one attached hydrogen (secondary N) is 2. The molecule has 1 amide bonds. The molecule has 1 aromatic rings. The topological polar surface area (TPSA) is 92.6 Å². The zero-order chi connectivity index (χ0) is 15.7. The molecule has 0 saturated carbocycles. The van der Waals surface area contributed by atoms with E-state index in [0.29, 0.717) is 18.2 Å². The maximum atomic E-state index is 11.0. The minimum atomic E-state index is -0.566. The van der Waals surface area contributed by atoms with Crippen LogP contribution in [0.25, 0.3) is 0 Å². The summed E-state index contributed by atoms with van der Waals surface area (Å²) in [6, 6.07) is 3.28. The Labute approximate surface area is 126 Å². The minimum absolute atomic E-state index is 0.162. The molecule has 118 valence electrons. The van der Waals surface area contributed by atoms with E-state index >= 15 is 0 Å². The minimum Gasteiger partial charge on any atom is -0.454 e. The SMILES string of the molecule is CCNC(=NCc1ccc(C(N)=O)o1)NCCCC(C)C. The molecule has 0 saturated heterocycles. The number of amides is 1. The van der Waals surface area contributed by atoms with E-state index in [4.69, 9.17) is 10.2 Å². The van der Waals surface area contributed by atoms with Gasteiger partial charge in [-0.1, -0.05) is 13.8 Å². The first-order valence-corrected chi connectivity index (χ1v) is 7.43. The van der Waals surface area contributed by atoms with Crippen LogP contribution in [0.15, 0.2) is 21.5 Å². The lowest BCUT2D eigenvalue weighted by molar-refractivity contribution is 0.0972. The normalized spacial score (nSPS) is 11.7. The van der Waals surface area contributed by atoms with Gasteiger partial charge in [0.15, 0.2) is 11.7 Å². The third-order valence-electron chi connectivity index (χ3n) is 2.89. The number of hydrogen-bond donors (Lipinski definition) is 3. The summed E-state index contributed by atoms with van der Waals surface area (Å²) in [6.07, 6.45) is 2.29. The van der Waals surface area contributed by atoms with Crippen molar-refractivity contribution in [3.63, 3.8) is 0 Å². The smallest absolute Gasteiger partial charge is 0.284 e. The lowest BCUT2D eigenvalue weighted by Gasteiger charge is -2.11. The molecule has 6 heteroatoms. The maximum Gasteiger partial charge on any atom is 0.284 e. The van der Waals surface area contributed by atoms with Gasteiger partial charge >= 0.3 is 0 Å². The van der Waals surface area contributed by atoms with Crippen LogP contribution in [-0.4, -0.2) is 25.0 Å². The summed E-state index contributed by atoms with van der Waals surface area (Å²) < 4.78 is 5.29. The quantitative estimate of drug-likeness (QED) is 0.388. The molecule has 0 spiro atoms. The maximum absolute atomic E-state index is 11.0. The van der Waals surface area contributed by atoms with Gasteiger partial charge in [0.25, 0.3) is 5.91 Å². The third kappa shape index (κ3) is 6.83. The molecule has 21 heavy (non-hydrogen) atoms. The fourth-order valence-electron chi connectivity index (χ4n) is 1.81. The molecule has 1 rings (SSSR count). The highest BCUT2D eigenvalue weighted by molar-refractivity contribution is 5.89. The molecule has 6 nitrogen and oxygen atoms in total. The van der Waals surface area contributed by atoms with Crippen molar-refractivity contribution in [2.45, 2.75) is 40.2 Å². The van der Waals surface area contributed by atoms with Gasteiger partial charge in [-0.15, -0.1) is 0 Å². The summed E-state index contributed by atoms with van der Waals surface area (Å²) in [5.41, 5.74) is 5.14. The number of carbonyl (C=O) groups excluding carboxylic acids is 1. The number of nitrogens with two attached hydrogens (primary N) is 1. The van der Waals surface area contributed by atoms with Gasteiger partial charge in [0.1, 0.15) is 12.3 Å². The van der Waals surface area contributed by atoms with E-state index < -0.39 is 5.91 Å². The van der Waals surface area contributed by atoms with Gasteiger partial charge < -0.3 is 20.8 Å². The average Bonchev–Trinajstić information content (AvgIpc) is 2.89. The van der Waals surface area contributed by atoms with E-state index in [0.717, 1.165) is 25.5 Å². The van der Waals surface area contributed by atoms with Crippen LogP contribution >= 0.6 is 0 Å².